The highest BCUT2D eigenvalue weighted by Crippen LogP contribution is 2.31. The zero-order valence-corrected chi connectivity index (χ0v) is 25.7. The molecule has 3 rings (SSSR count). The molecule has 1 aromatic carbocycles. The second-order valence-corrected chi connectivity index (χ2v) is 10.8. The van der Waals surface area contributed by atoms with E-state index in [4.69, 9.17) is 28.4 Å². The van der Waals surface area contributed by atoms with E-state index in [0.717, 1.165) is 12.8 Å². The molecule has 236 valence electrons. The maximum absolute atomic E-state index is 13.4. The lowest BCUT2D eigenvalue weighted by Gasteiger charge is -2.32. The quantitative estimate of drug-likeness (QED) is 0.250. The summed E-state index contributed by atoms with van der Waals surface area (Å²) in [6.07, 6.45) is 3.15. The molecule has 0 aliphatic carbocycles. The van der Waals surface area contributed by atoms with Gasteiger partial charge in [-0.05, 0) is 50.5 Å². The van der Waals surface area contributed by atoms with E-state index in [2.05, 4.69) is 36.3 Å². The number of methoxy groups -OCH3 is 1. The first-order valence-electron chi connectivity index (χ1n) is 14.8. The van der Waals surface area contributed by atoms with Gasteiger partial charge in [0.25, 0.3) is 5.91 Å². The van der Waals surface area contributed by atoms with E-state index in [1.807, 2.05) is 25.1 Å². The van der Waals surface area contributed by atoms with Crippen LogP contribution in [0.2, 0.25) is 0 Å². The first kappa shape index (κ1) is 33.8. The number of hydrogen-bond acceptors (Lipinski definition) is 10. The number of hydrogen-bond donors (Lipinski definition) is 1. The minimum Gasteiger partial charge on any atom is -0.493 e. The maximum atomic E-state index is 13.4. The van der Waals surface area contributed by atoms with Gasteiger partial charge < -0.3 is 33.7 Å². The van der Waals surface area contributed by atoms with Crippen molar-refractivity contribution in [2.75, 3.05) is 33.7 Å². The van der Waals surface area contributed by atoms with Gasteiger partial charge in [-0.15, -0.1) is 0 Å². The standard InChI is InChI=1S/C32H44N2O9/c1-6-39-19-27(35)41-20-42-30-26(38-5)15-16-33-28(30)31(36)34-25-14-10-13-24(17-23-11-8-7-9-12-23)29(40-18-21(2)3)22(4)43-32(25)37/h7-9,11-12,15-16,21-22,24-25,29H,6,10,13-14,17-20H2,1-5H3,(H,34,36). The van der Waals surface area contributed by atoms with Gasteiger partial charge in [-0.2, -0.15) is 0 Å². The summed E-state index contributed by atoms with van der Waals surface area (Å²) >= 11 is 0. The summed E-state index contributed by atoms with van der Waals surface area (Å²) in [5.41, 5.74) is 1.06. The number of benzene rings is 1. The largest absolute Gasteiger partial charge is 0.493 e. The lowest BCUT2D eigenvalue weighted by atomic mass is 9.86. The Hall–Kier alpha value is -3.70. The Balaban J connectivity index is 1.75. The van der Waals surface area contributed by atoms with Crippen molar-refractivity contribution in [3.63, 3.8) is 0 Å². The summed E-state index contributed by atoms with van der Waals surface area (Å²) in [7, 11) is 1.41. The fourth-order valence-corrected chi connectivity index (χ4v) is 4.92. The summed E-state index contributed by atoms with van der Waals surface area (Å²) in [6.45, 7) is 7.95. The molecule has 0 spiro atoms. The summed E-state index contributed by atoms with van der Waals surface area (Å²) in [4.78, 5) is 42.7. The monoisotopic (exact) mass is 600 g/mol. The van der Waals surface area contributed by atoms with E-state index in [0.29, 0.717) is 32.0 Å². The molecule has 1 aromatic heterocycles. The van der Waals surface area contributed by atoms with Crippen LogP contribution in [0.4, 0.5) is 0 Å². The molecule has 43 heavy (non-hydrogen) atoms. The molecule has 1 amide bonds. The first-order chi connectivity index (χ1) is 20.7. The van der Waals surface area contributed by atoms with Crippen molar-refractivity contribution in [1.82, 2.24) is 10.3 Å². The minimum atomic E-state index is -0.916. The van der Waals surface area contributed by atoms with Crippen LogP contribution in [0.1, 0.15) is 63.0 Å². The van der Waals surface area contributed by atoms with E-state index in [1.54, 1.807) is 6.92 Å². The zero-order valence-electron chi connectivity index (χ0n) is 25.7. The van der Waals surface area contributed by atoms with Gasteiger partial charge in [0.2, 0.25) is 6.79 Å². The second kappa shape index (κ2) is 17.4. The normalized spacial score (nSPS) is 20.7. The van der Waals surface area contributed by atoms with Gasteiger partial charge in [0.15, 0.2) is 17.2 Å². The van der Waals surface area contributed by atoms with Crippen molar-refractivity contribution in [3.8, 4) is 11.5 Å². The van der Waals surface area contributed by atoms with Gasteiger partial charge in [0.05, 0.1) is 13.2 Å². The predicted molar refractivity (Wildman–Crippen MR) is 158 cm³/mol. The minimum absolute atomic E-state index is 0.0263. The third kappa shape index (κ3) is 10.5. The average molecular weight is 601 g/mol. The molecule has 4 unspecified atom stereocenters. The molecular weight excluding hydrogens is 556 g/mol. The lowest BCUT2D eigenvalue weighted by molar-refractivity contribution is -0.161. The number of rotatable bonds is 14. The molecular formula is C32H44N2O9. The lowest BCUT2D eigenvalue weighted by Crippen LogP contribution is -2.45. The van der Waals surface area contributed by atoms with Crippen molar-refractivity contribution < 1.29 is 42.8 Å². The number of ether oxygens (including phenoxy) is 6. The summed E-state index contributed by atoms with van der Waals surface area (Å²) in [5.74, 6) is -1.21. The van der Waals surface area contributed by atoms with Crippen LogP contribution < -0.4 is 14.8 Å². The van der Waals surface area contributed by atoms with Gasteiger partial charge in [-0.3, -0.25) is 4.79 Å². The molecule has 1 fully saturated rings. The van der Waals surface area contributed by atoms with Crippen molar-refractivity contribution in [2.24, 2.45) is 11.8 Å². The van der Waals surface area contributed by atoms with Gasteiger partial charge in [-0.1, -0.05) is 50.6 Å². The zero-order chi connectivity index (χ0) is 31.2. The Kier molecular flexibility index (Phi) is 13.7. The highest BCUT2D eigenvalue weighted by atomic mass is 16.7. The molecule has 1 aliphatic heterocycles. The molecule has 2 heterocycles. The van der Waals surface area contributed by atoms with Crippen molar-refractivity contribution in [3.05, 3.63) is 53.9 Å². The van der Waals surface area contributed by atoms with E-state index < -0.39 is 36.8 Å². The van der Waals surface area contributed by atoms with Gasteiger partial charge in [0, 0.05) is 25.5 Å². The van der Waals surface area contributed by atoms with E-state index in [1.165, 1.54) is 24.9 Å². The van der Waals surface area contributed by atoms with Crippen LogP contribution in [0, 0.1) is 11.8 Å². The van der Waals surface area contributed by atoms with E-state index in [-0.39, 0.29) is 35.8 Å². The third-order valence-electron chi connectivity index (χ3n) is 7.00. The molecule has 0 saturated carbocycles. The third-order valence-corrected chi connectivity index (χ3v) is 7.00. The van der Waals surface area contributed by atoms with Crippen molar-refractivity contribution in [2.45, 2.75) is 71.6 Å². The van der Waals surface area contributed by atoms with Gasteiger partial charge >= 0.3 is 11.9 Å². The first-order valence-corrected chi connectivity index (χ1v) is 14.8. The number of carbonyl (C=O) groups is 3. The fourth-order valence-electron chi connectivity index (χ4n) is 4.92. The summed E-state index contributed by atoms with van der Waals surface area (Å²) in [5, 5.41) is 2.77. The van der Waals surface area contributed by atoms with Crippen LogP contribution in [0.3, 0.4) is 0 Å². The van der Waals surface area contributed by atoms with E-state index in [9.17, 15) is 14.4 Å². The predicted octanol–water partition coefficient (Wildman–Crippen LogP) is 4.12. The molecule has 11 heteroatoms. The Morgan fingerprint density at radius 1 is 1.14 bits per heavy atom. The number of pyridine rings is 1. The second-order valence-electron chi connectivity index (χ2n) is 10.8. The molecule has 11 nitrogen and oxygen atoms in total. The topological polar surface area (TPSA) is 132 Å². The number of nitrogens with one attached hydrogen (secondary N) is 1. The molecule has 0 bridgehead atoms. The smallest absolute Gasteiger partial charge is 0.334 e. The van der Waals surface area contributed by atoms with Crippen molar-refractivity contribution in [1.29, 1.82) is 0 Å². The maximum Gasteiger partial charge on any atom is 0.334 e. The number of aromatic nitrogens is 1. The van der Waals surface area contributed by atoms with Crippen LogP contribution in [0.15, 0.2) is 42.6 Å². The van der Waals surface area contributed by atoms with Crippen LogP contribution in [-0.2, 0) is 35.0 Å². The summed E-state index contributed by atoms with van der Waals surface area (Å²) in [6, 6.07) is 10.8. The molecule has 1 saturated heterocycles. The molecule has 1 aliphatic rings. The Bertz CT molecular complexity index is 1170. The number of amides is 1. The van der Waals surface area contributed by atoms with Gasteiger partial charge in [-0.25, -0.2) is 14.6 Å². The van der Waals surface area contributed by atoms with E-state index >= 15 is 0 Å². The van der Waals surface area contributed by atoms with Crippen molar-refractivity contribution >= 4 is 17.8 Å². The SMILES string of the molecule is CCOCC(=O)OCOc1c(OC)ccnc1C(=O)NC1CCCC(Cc2ccccc2)C(OCC(C)C)C(C)OC1=O. The van der Waals surface area contributed by atoms with Gasteiger partial charge in [0.1, 0.15) is 18.8 Å². The highest BCUT2D eigenvalue weighted by molar-refractivity contribution is 5.98. The van der Waals surface area contributed by atoms with Crippen LogP contribution in [0.25, 0.3) is 0 Å². The molecule has 1 N–H and O–H groups in total. The average Bonchev–Trinajstić information content (AvgIpc) is 3.03. The number of cyclic esters (lactones) is 1. The van der Waals surface area contributed by atoms with Crippen LogP contribution in [-0.4, -0.2) is 74.8 Å². The number of nitrogens with zero attached hydrogens (tertiary/aromatic N) is 1. The van der Waals surface area contributed by atoms with Crippen LogP contribution in [0.5, 0.6) is 11.5 Å². The summed E-state index contributed by atoms with van der Waals surface area (Å²) < 4.78 is 33.2. The highest BCUT2D eigenvalue weighted by Gasteiger charge is 2.35. The number of carbonyl (C=O) groups excluding carboxylic acids is 3. The number of esters is 2. The molecule has 2 aromatic rings. The molecule has 0 radical (unpaired) electrons. The van der Waals surface area contributed by atoms with Crippen LogP contribution >= 0.6 is 0 Å². The molecule has 4 atom stereocenters. The Morgan fingerprint density at radius 2 is 1.91 bits per heavy atom. The Labute approximate surface area is 253 Å². The Morgan fingerprint density at radius 3 is 2.60 bits per heavy atom. The fraction of sp³-hybridized carbons (Fsp3) is 0.562.